The molecule has 1 N–H and O–H groups in total. The van der Waals surface area contributed by atoms with Gasteiger partial charge in [0.25, 0.3) is 0 Å². The molecular formula is C13H24N2O. The maximum Gasteiger partial charge on any atom is 0.0731 e. The number of fused-ring (bicyclic) bond motifs is 1. The van der Waals surface area contributed by atoms with Crippen LogP contribution in [0.4, 0.5) is 0 Å². The van der Waals surface area contributed by atoms with Crippen LogP contribution in [0.2, 0.25) is 0 Å². The number of nitrogens with zero attached hydrogens (tertiary/aromatic N) is 1. The highest BCUT2D eigenvalue weighted by atomic mass is 16.5. The first-order chi connectivity index (χ1) is 7.84. The number of nitrogens with one attached hydrogen (secondary N) is 1. The van der Waals surface area contributed by atoms with Crippen LogP contribution in [0.5, 0.6) is 0 Å². The Labute approximate surface area is 98.5 Å². The molecule has 4 unspecified atom stereocenters. The summed E-state index contributed by atoms with van der Waals surface area (Å²) >= 11 is 0. The first-order valence-corrected chi connectivity index (χ1v) is 6.95. The number of ether oxygens (including phenoxy) is 1. The highest BCUT2D eigenvalue weighted by Crippen LogP contribution is 2.32. The molecule has 3 fully saturated rings. The van der Waals surface area contributed by atoms with Crippen molar-refractivity contribution in [1.29, 1.82) is 0 Å². The van der Waals surface area contributed by atoms with E-state index in [0.29, 0.717) is 6.10 Å². The molecule has 0 aromatic carbocycles. The lowest BCUT2D eigenvalue weighted by Crippen LogP contribution is -2.57. The zero-order valence-corrected chi connectivity index (χ0v) is 10.3. The van der Waals surface area contributed by atoms with Crippen molar-refractivity contribution in [2.24, 2.45) is 0 Å². The standard InChI is InChI=1S/C13H24N2O/c1-10-5-6-11(9-14-10)15-7-8-16-13-4-2-3-12(13)15/h10-14H,2-9H2,1H3. The molecule has 0 radical (unpaired) electrons. The first-order valence-electron chi connectivity index (χ1n) is 6.95. The quantitative estimate of drug-likeness (QED) is 0.728. The average molecular weight is 224 g/mol. The van der Waals surface area contributed by atoms with E-state index in [2.05, 4.69) is 17.1 Å². The van der Waals surface area contributed by atoms with Crippen molar-refractivity contribution in [1.82, 2.24) is 10.2 Å². The second-order valence-electron chi connectivity index (χ2n) is 5.69. The van der Waals surface area contributed by atoms with E-state index in [1.165, 1.54) is 38.6 Å². The second-order valence-corrected chi connectivity index (χ2v) is 5.69. The van der Waals surface area contributed by atoms with E-state index in [-0.39, 0.29) is 0 Å². The summed E-state index contributed by atoms with van der Waals surface area (Å²) in [6, 6.07) is 2.22. The molecule has 0 bridgehead atoms. The molecule has 0 spiro atoms. The Hall–Kier alpha value is -0.120. The van der Waals surface area contributed by atoms with Crippen LogP contribution < -0.4 is 5.32 Å². The minimum atomic E-state index is 0.549. The Morgan fingerprint density at radius 1 is 1.19 bits per heavy atom. The summed E-state index contributed by atoms with van der Waals surface area (Å²) in [6.07, 6.45) is 7.27. The van der Waals surface area contributed by atoms with E-state index in [9.17, 15) is 0 Å². The fraction of sp³-hybridized carbons (Fsp3) is 1.00. The number of hydrogen-bond acceptors (Lipinski definition) is 3. The van der Waals surface area contributed by atoms with Gasteiger partial charge in [-0.05, 0) is 39.0 Å². The summed E-state index contributed by atoms with van der Waals surface area (Å²) in [6.45, 7) is 5.59. The molecule has 0 amide bonds. The third kappa shape index (κ3) is 2.01. The lowest BCUT2D eigenvalue weighted by Gasteiger charge is -2.44. The molecule has 3 rings (SSSR count). The van der Waals surface area contributed by atoms with Crippen molar-refractivity contribution in [3.8, 4) is 0 Å². The SMILES string of the molecule is CC1CCC(N2CCOC3CCCC32)CN1. The molecule has 1 aliphatic carbocycles. The molecular weight excluding hydrogens is 200 g/mol. The topological polar surface area (TPSA) is 24.5 Å². The molecule has 2 heterocycles. The van der Waals surface area contributed by atoms with Crippen molar-refractivity contribution in [2.45, 2.75) is 63.3 Å². The smallest absolute Gasteiger partial charge is 0.0731 e. The van der Waals surface area contributed by atoms with Gasteiger partial charge in [0.15, 0.2) is 0 Å². The van der Waals surface area contributed by atoms with Crippen LogP contribution in [0.1, 0.15) is 39.0 Å². The third-order valence-electron chi connectivity index (χ3n) is 4.63. The number of piperidine rings is 1. The predicted molar refractivity (Wildman–Crippen MR) is 64.6 cm³/mol. The zero-order valence-electron chi connectivity index (χ0n) is 10.3. The normalized spacial score (nSPS) is 45.6. The first kappa shape index (κ1) is 11.0. The highest BCUT2D eigenvalue weighted by molar-refractivity contribution is 4.94. The second kappa shape index (κ2) is 4.63. The number of hydrogen-bond donors (Lipinski definition) is 1. The summed E-state index contributed by atoms with van der Waals surface area (Å²) in [5.74, 6) is 0. The van der Waals surface area contributed by atoms with Crippen LogP contribution in [0.3, 0.4) is 0 Å². The Balaban J connectivity index is 1.64. The van der Waals surface area contributed by atoms with Crippen molar-refractivity contribution in [3.05, 3.63) is 0 Å². The molecule has 1 saturated carbocycles. The van der Waals surface area contributed by atoms with E-state index in [0.717, 1.165) is 31.3 Å². The van der Waals surface area contributed by atoms with Crippen LogP contribution in [-0.2, 0) is 4.74 Å². The van der Waals surface area contributed by atoms with Gasteiger partial charge in [0.1, 0.15) is 0 Å². The van der Waals surface area contributed by atoms with Gasteiger partial charge >= 0.3 is 0 Å². The van der Waals surface area contributed by atoms with E-state index in [4.69, 9.17) is 4.74 Å². The van der Waals surface area contributed by atoms with E-state index in [1.54, 1.807) is 0 Å². The molecule has 0 aromatic rings. The molecule has 2 saturated heterocycles. The minimum absolute atomic E-state index is 0.549. The van der Waals surface area contributed by atoms with Gasteiger partial charge in [-0.15, -0.1) is 0 Å². The van der Waals surface area contributed by atoms with Gasteiger partial charge in [-0.3, -0.25) is 4.90 Å². The summed E-state index contributed by atoms with van der Waals surface area (Å²) in [5, 5.41) is 3.63. The molecule has 3 aliphatic rings. The Morgan fingerprint density at radius 3 is 2.94 bits per heavy atom. The minimum Gasteiger partial charge on any atom is -0.375 e. The van der Waals surface area contributed by atoms with Crippen LogP contribution >= 0.6 is 0 Å². The van der Waals surface area contributed by atoms with Gasteiger partial charge < -0.3 is 10.1 Å². The van der Waals surface area contributed by atoms with Crippen LogP contribution in [0.15, 0.2) is 0 Å². The predicted octanol–water partition coefficient (Wildman–Crippen LogP) is 1.38. The van der Waals surface area contributed by atoms with Crippen molar-refractivity contribution >= 4 is 0 Å². The molecule has 16 heavy (non-hydrogen) atoms. The maximum absolute atomic E-state index is 5.88. The lowest BCUT2D eigenvalue weighted by atomic mass is 9.97. The molecule has 4 atom stereocenters. The molecule has 0 aromatic heterocycles. The van der Waals surface area contributed by atoms with E-state index >= 15 is 0 Å². The molecule has 3 heteroatoms. The van der Waals surface area contributed by atoms with Crippen LogP contribution in [0.25, 0.3) is 0 Å². The fourth-order valence-electron chi connectivity index (χ4n) is 3.68. The van der Waals surface area contributed by atoms with Gasteiger partial charge in [0, 0.05) is 31.2 Å². The third-order valence-corrected chi connectivity index (χ3v) is 4.63. The monoisotopic (exact) mass is 224 g/mol. The van der Waals surface area contributed by atoms with E-state index in [1.807, 2.05) is 0 Å². The van der Waals surface area contributed by atoms with Gasteiger partial charge in [-0.2, -0.15) is 0 Å². The number of rotatable bonds is 1. The summed E-state index contributed by atoms with van der Waals surface area (Å²) in [4.78, 5) is 2.75. The summed E-state index contributed by atoms with van der Waals surface area (Å²) < 4.78 is 5.88. The summed E-state index contributed by atoms with van der Waals surface area (Å²) in [5.41, 5.74) is 0. The fourth-order valence-corrected chi connectivity index (χ4v) is 3.68. The van der Waals surface area contributed by atoms with Crippen molar-refractivity contribution in [3.63, 3.8) is 0 Å². The van der Waals surface area contributed by atoms with Crippen molar-refractivity contribution < 1.29 is 4.74 Å². The van der Waals surface area contributed by atoms with E-state index < -0.39 is 0 Å². The summed E-state index contributed by atoms with van der Waals surface area (Å²) in [7, 11) is 0. The zero-order chi connectivity index (χ0) is 11.0. The average Bonchev–Trinajstić information content (AvgIpc) is 2.78. The molecule has 2 aliphatic heterocycles. The Bertz CT molecular complexity index is 238. The van der Waals surface area contributed by atoms with Crippen LogP contribution in [0, 0.1) is 0 Å². The van der Waals surface area contributed by atoms with Gasteiger partial charge in [0.2, 0.25) is 0 Å². The Morgan fingerprint density at radius 2 is 2.12 bits per heavy atom. The van der Waals surface area contributed by atoms with Crippen molar-refractivity contribution in [2.75, 3.05) is 19.7 Å². The van der Waals surface area contributed by atoms with Gasteiger partial charge in [0.05, 0.1) is 12.7 Å². The largest absolute Gasteiger partial charge is 0.375 e. The highest BCUT2D eigenvalue weighted by Gasteiger charge is 2.39. The molecule has 3 nitrogen and oxygen atoms in total. The van der Waals surface area contributed by atoms with Gasteiger partial charge in [-0.1, -0.05) is 0 Å². The molecule has 92 valence electrons. The lowest BCUT2D eigenvalue weighted by molar-refractivity contribution is -0.0754. The number of morpholine rings is 1. The van der Waals surface area contributed by atoms with Gasteiger partial charge in [-0.25, -0.2) is 0 Å². The van der Waals surface area contributed by atoms with Crippen LogP contribution in [-0.4, -0.2) is 48.8 Å². The maximum atomic E-state index is 5.88. The Kier molecular flexibility index (Phi) is 3.18.